The van der Waals surface area contributed by atoms with E-state index in [0.29, 0.717) is 26.1 Å². The van der Waals surface area contributed by atoms with Gasteiger partial charge in [0.15, 0.2) is 5.78 Å². The van der Waals surface area contributed by atoms with Crippen molar-refractivity contribution in [2.75, 3.05) is 5.75 Å². The van der Waals surface area contributed by atoms with E-state index in [-0.39, 0.29) is 17.4 Å². The van der Waals surface area contributed by atoms with Crippen LogP contribution in [0.4, 0.5) is 0 Å². The first-order chi connectivity index (χ1) is 10.2. The summed E-state index contributed by atoms with van der Waals surface area (Å²) < 4.78 is 0. The molecule has 5 heteroatoms. The lowest BCUT2D eigenvalue weighted by molar-refractivity contribution is -0.112. The molecule has 3 rings (SSSR count). The minimum absolute atomic E-state index is 0.0265. The Kier molecular flexibility index (Phi) is 3.90. The molecule has 2 aromatic rings. The van der Waals surface area contributed by atoms with Gasteiger partial charge in [-0.25, -0.2) is 4.99 Å². The van der Waals surface area contributed by atoms with Crippen molar-refractivity contribution in [3.8, 4) is 0 Å². The Morgan fingerprint density at radius 3 is 2.62 bits per heavy atom. The average molecular weight is 316 g/mol. The smallest absolute Gasteiger partial charge is 0.284 e. The van der Waals surface area contributed by atoms with E-state index in [4.69, 9.17) is 11.6 Å². The second-order valence-corrected chi connectivity index (χ2v) is 5.85. The van der Waals surface area contributed by atoms with Crippen LogP contribution in [-0.2, 0) is 4.79 Å². The van der Waals surface area contributed by atoms with Crippen LogP contribution in [0.1, 0.15) is 10.4 Å². The van der Waals surface area contributed by atoms with Crippen molar-refractivity contribution in [2.24, 2.45) is 4.99 Å². The number of hydrogen-bond donors (Lipinski definition) is 0. The molecular weight excluding hydrogens is 306 g/mol. The molecule has 0 aromatic heterocycles. The number of fused-ring (bicyclic) bond motifs is 1. The molecule has 2 aromatic carbocycles. The predicted molar refractivity (Wildman–Crippen MR) is 83.9 cm³/mol. The molecule has 0 N–H and O–H groups in total. The standard InChI is InChI=1S/C16H10ClNO2S/c17-11-7-4-8-12-14(11)15(16(20)18-12)21-9-13(19)10-5-2-1-3-6-10/h1-8H,9H2. The van der Waals surface area contributed by atoms with Gasteiger partial charge in [-0.2, -0.15) is 0 Å². The molecule has 0 radical (unpaired) electrons. The van der Waals surface area contributed by atoms with Crippen LogP contribution in [-0.4, -0.2) is 17.4 Å². The highest BCUT2D eigenvalue weighted by Gasteiger charge is 2.20. The SMILES string of the molecule is O=C1N=c2cccc(Cl)c2=C1SCC(=O)c1ccccc1. The lowest BCUT2D eigenvalue weighted by Gasteiger charge is -2.01. The van der Waals surface area contributed by atoms with Crippen LogP contribution in [0.3, 0.4) is 0 Å². The van der Waals surface area contributed by atoms with Crippen molar-refractivity contribution < 1.29 is 9.59 Å². The lowest BCUT2D eigenvalue weighted by Crippen LogP contribution is -2.23. The highest BCUT2D eigenvalue weighted by molar-refractivity contribution is 8.09. The molecule has 21 heavy (non-hydrogen) atoms. The Hall–Kier alpha value is -1.91. The van der Waals surface area contributed by atoms with Gasteiger partial charge in [-0.05, 0) is 12.1 Å². The molecule has 0 saturated heterocycles. The van der Waals surface area contributed by atoms with Gasteiger partial charge in [0.1, 0.15) is 0 Å². The molecule has 0 spiro atoms. The Morgan fingerprint density at radius 2 is 1.86 bits per heavy atom. The summed E-state index contributed by atoms with van der Waals surface area (Å²) in [5.41, 5.74) is 0.632. The lowest BCUT2D eigenvalue weighted by atomic mass is 10.2. The molecule has 1 aliphatic heterocycles. The normalized spacial score (nSPS) is 13.0. The summed E-state index contributed by atoms with van der Waals surface area (Å²) in [6.45, 7) is 0. The summed E-state index contributed by atoms with van der Waals surface area (Å²) >= 11 is 7.32. The third kappa shape index (κ3) is 2.77. The molecule has 1 heterocycles. The number of amides is 1. The summed E-state index contributed by atoms with van der Waals surface area (Å²) in [6, 6.07) is 14.2. The third-order valence-corrected chi connectivity index (χ3v) is 4.47. The summed E-state index contributed by atoms with van der Waals surface area (Å²) in [7, 11) is 0. The van der Waals surface area contributed by atoms with E-state index in [2.05, 4.69) is 4.99 Å². The Balaban J connectivity index is 1.88. The van der Waals surface area contributed by atoms with Gasteiger partial charge in [-0.1, -0.05) is 48.0 Å². The molecule has 1 aliphatic rings. The first kappa shape index (κ1) is 14.0. The average Bonchev–Trinajstić information content (AvgIpc) is 2.82. The van der Waals surface area contributed by atoms with Gasteiger partial charge < -0.3 is 0 Å². The Labute approximate surface area is 130 Å². The van der Waals surface area contributed by atoms with Crippen LogP contribution >= 0.6 is 23.4 Å². The molecule has 0 aliphatic carbocycles. The van der Waals surface area contributed by atoms with Crippen molar-refractivity contribution in [2.45, 2.75) is 0 Å². The van der Waals surface area contributed by atoms with Crippen molar-refractivity contribution in [3.63, 3.8) is 0 Å². The van der Waals surface area contributed by atoms with E-state index in [9.17, 15) is 9.59 Å². The van der Waals surface area contributed by atoms with Gasteiger partial charge in [0.25, 0.3) is 5.91 Å². The number of Topliss-reactive ketones (excluding diaryl/α,β-unsaturated/α-hetero) is 1. The van der Waals surface area contributed by atoms with Gasteiger partial charge in [-0.15, -0.1) is 11.8 Å². The van der Waals surface area contributed by atoms with Gasteiger partial charge in [0.05, 0.1) is 21.0 Å². The van der Waals surface area contributed by atoms with E-state index >= 15 is 0 Å². The van der Waals surface area contributed by atoms with E-state index in [0.717, 1.165) is 0 Å². The first-order valence-corrected chi connectivity index (χ1v) is 7.66. The van der Waals surface area contributed by atoms with Gasteiger partial charge >= 0.3 is 0 Å². The number of nitrogens with zero attached hydrogens (tertiary/aromatic N) is 1. The number of carbonyl (C=O) groups is 2. The molecule has 0 bridgehead atoms. The second-order valence-electron chi connectivity index (χ2n) is 4.46. The monoisotopic (exact) mass is 315 g/mol. The molecule has 0 atom stereocenters. The quantitative estimate of drug-likeness (QED) is 0.813. The maximum atomic E-state index is 12.1. The Morgan fingerprint density at radius 1 is 1.10 bits per heavy atom. The summed E-state index contributed by atoms with van der Waals surface area (Å²) in [5.74, 6) is -0.170. The second kappa shape index (κ2) is 5.84. The number of benzene rings is 2. The summed E-state index contributed by atoms with van der Waals surface area (Å²) in [6.07, 6.45) is 0. The molecule has 104 valence electrons. The van der Waals surface area contributed by atoms with Gasteiger partial charge in [-0.3, -0.25) is 9.59 Å². The summed E-state index contributed by atoms with van der Waals surface area (Å²) in [5, 5.41) is 1.69. The number of halogens is 1. The molecular formula is C16H10ClNO2S. The van der Waals surface area contributed by atoms with Crippen LogP contribution in [0.2, 0.25) is 5.02 Å². The fourth-order valence-corrected chi connectivity index (χ4v) is 3.37. The first-order valence-electron chi connectivity index (χ1n) is 6.30. The molecule has 0 saturated carbocycles. The number of ketones is 1. The molecule has 1 amide bonds. The van der Waals surface area contributed by atoms with Crippen molar-refractivity contribution >= 4 is 40.0 Å². The fourth-order valence-electron chi connectivity index (χ4n) is 2.08. The topological polar surface area (TPSA) is 46.5 Å². The molecule has 0 unspecified atom stereocenters. The largest absolute Gasteiger partial charge is 0.293 e. The van der Waals surface area contributed by atoms with Crippen LogP contribution in [0, 0.1) is 0 Å². The number of hydrogen-bond acceptors (Lipinski definition) is 3. The van der Waals surface area contributed by atoms with Gasteiger partial charge in [0, 0.05) is 10.8 Å². The highest BCUT2D eigenvalue weighted by Crippen LogP contribution is 2.21. The number of rotatable bonds is 4. The van der Waals surface area contributed by atoms with Crippen LogP contribution in [0.15, 0.2) is 53.5 Å². The van der Waals surface area contributed by atoms with Crippen molar-refractivity contribution in [1.82, 2.24) is 0 Å². The van der Waals surface area contributed by atoms with Gasteiger partial charge in [0.2, 0.25) is 0 Å². The van der Waals surface area contributed by atoms with E-state index in [1.807, 2.05) is 18.2 Å². The zero-order chi connectivity index (χ0) is 14.8. The van der Waals surface area contributed by atoms with Crippen LogP contribution in [0.5, 0.6) is 0 Å². The van der Waals surface area contributed by atoms with Crippen LogP contribution < -0.4 is 10.6 Å². The minimum Gasteiger partial charge on any atom is -0.293 e. The maximum absolute atomic E-state index is 12.1. The molecule has 0 fully saturated rings. The zero-order valence-corrected chi connectivity index (χ0v) is 12.4. The number of carbonyl (C=O) groups excluding carboxylic acids is 2. The van der Waals surface area contributed by atoms with Crippen molar-refractivity contribution in [1.29, 1.82) is 0 Å². The molecule has 3 nitrogen and oxygen atoms in total. The maximum Gasteiger partial charge on any atom is 0.284 e. The highest BCUT2D eigenvalue weighted by atomic mass is 35.5. The minimum atomic E-state index is -0.330. The Bertz CT molecular complexity index is 846. The zero-order valence-electron chi connectivity index (χ0n) is 10.9. The van der Waals surface area contributed by atoms with E-state index in [1.165, 1.54) is 11.8 Å². The van der Waals surface area contributed by atoms with E-state index < -0.39 is 0 Å². The summed E-state index contributed by atoms with van der Waals surface area (Å²) in [4.78, 5) is 28.4. The predicted octanol–water partition coefficient (Wildman–Crippen LogP) is 2.22. The number of thioether (sulfide) groups is 1. The van der Waals surface area contributed by atoms with Crippen LogP contribution in [0.25, 0.3) is 4.91 Å². The van der Waals surface area contributed by atoms with E-state index in [1.54, 1.807) is 30.3 Å². The fraction of sp³-hybridized carbons (Fsp3) is 0.0625. The van der Waals surface area contributed by atoms with Crippen molar-refractivity contribution in [3.05, 3.63) is 69.7 Å². The third-order valence-electron chi connectivity index (χ3n) is 3.08.